The Morgan fingerprint density at radius 2 is 2.12 bits per heavy atom. The van der Waals surface area contributed by atoms with Crippen LogP contribution in [0.25, 0.3) is 10.9 Å². The third kappa shape index (κ3) is 2.28. The van der Waals surface area contributed by atoms with E-state index in [1.165, 1.54) is 0 Å². The average molecular weight is 320 g/mol. The Kier molecular flexibility index (Phi) is 3.56. The highest BCUT2D eigenvalue weighted by Crippen LogP contribution is 2.40. The van der Waals surface area contributed by atoms with Crippen molar-refractivity contribution in [2.45, 2.75) is 39.2 Å². The van der Waals surface area contributed by atoms with Gasteiger partial charge >= 0.3 is 0 Å². The summed E-state index contributed by atoms with van der Waals surface area (Å²) >= 11 is 0. The Bertz CT molecular complexity index is 923. The zero-order valence-electron chi connectivity index (χ0n) is 13.9. The number of pyridine rings is 1. The molecule has 4 rings (SSSR count). The van der Waals surface area contributed by atoms with E-state index in [0.29, 0.717) is 12.2 Å². The Labute approximate surface area is 140 Å². The van der Waals surface area contributed by atoms with E-state index in [2.05, 4.69) is 47.4 Å². The fraction of sp³-hybridized carbons (Fsp3) is 0.316. The number of anilines is 1. The van der Waals surface area contributed by atoms with Crippen LogP contribution in [-0.2, 0) is 11.3 Å². The van der Waals surface area contributed by atoms with Crippen molar-refractivity contribution in [2.24, 2.45) is 0 Å². The molecule has 0 spiro atoms. The maximum atomic E-state index is 12.2. The van der Waals surface area contributed by atoms with Crippen LogP contribution < -0.4 is 5.32 Å². The quantitative estimate of drug-likeness (QED) is 0.802. The number of carbonyl (C=O) groups is 1. The summed E-state index contributed by atoms with van der Waals surface area (Å²) in [5.41, 5.74) is 4.32. The molecule has 0 saturated heterocycles. The van der Waals surface area contributed by atoms with Crippen molar-refractivity contribution in [1.82, 2.24) is 14.8 Å². The molecule has 0 bridgehead atoms. The number of hydrogen-bond acceptors (Lipinski definition) is 3. The van der Waals surface area contributed by atoms with E-state index in [-0.39, 0.29) is 11.8 Å². The molecule has 0 radical (unpaired) electrons. The number of carbonyl (C=O) groups excluding carboxylic acids is 1. The van der Waals surface area contributed by atoms with Gasteiger partial charge in [-0.25, -0.2) is 0 Å². The third-order valence-electron chi connectivity index (χ3n) is 4.72. The molecule has 3 heterocycles. The van der Waals surface area contributed by atoms with Crippen LogP contribution in [0, 0.1) is 6.92 Å². The molecule has 1 aromatic carbocycles. The van der Waals surface area contributed by atoms with Gasteiger partial charge in [0.15, 0.2) is 5.82 Å². The molecule has 5 heteroatoms. The van der Waals surface area contributed by atoms with E-state index in [0.717, 1.165) is 40.7 Å². The number of para-hydroxylation sites is 1. The molecule has 0 saturated carbocycles. The second kappa shape index (κ2) is 5.74. The number of nitrogens with zero attached hydrogens (tertiary/aromatic N) is 3. The summed E-state index contributed by atoms with van der Waals surface area (Å²) in [6.07, 6.45) is 3.25. The lowest BCUT2D eigenvalue weighted by Crippen LogP contribution is -2.23. The van der Waals surface area contributed by atoms with E-state index < -0.39 is 0 Å². The smallest absolute Gasteiger partial charge is 0.226 e. The second-order valence-corrected chi connectivity index (χ2v) is 6.30. The molecule has 1 atom stereocenters. The predicted octanol–water partition coefficient (Wildman–Crippen LogP) is 3.62. The molecule has 1 N–H and O–H groups in total. The standard InChI is InChI=1S/C19H20N4O/c1-3-10-23-12(2)17-15(11-16(24)21-19(17)22-23)14-8-4-6-13-7-5-9-20-18(13)14/h4-9,15H,3,10-11H2,1-2H3,(H,21,22,24). The Hall–Kier alpha value is -2.69. The van der Waals surface area contributed by atoms with Crippen LogP contribution in [0.4, 0.5) is 5.82 Å². The maximum Gasteiger partial charge on any atom is 0.226 e. The van der Waals surface area contributed by atoms with Crippen LogP contribution in [0.1, 0.15) is 42.5 Å². The minimum absolute atomic E-state index is 0.00189. The molecule has 3 aromatic rings. The summed E-state index contributed by atoms with van der Waals surface area (Å²) < 4.78 is 2.00. The van der Waals surface area contributed by atoms with Gasteiger partial charge in [0, 0.05) is 41.7 Å². The van der Waals surface area contributed by atoms with Gasteiger partial charge in [-0.2, -0.15) is 5.10 Å². The lowest BCUT2D eigenvalue weighted by molar-refractivity contribution is -0.116. The fourth-order valence-electron chi connectivity index (χ4n) is 3.64. The largest absolute Gasteiger partial charge is 0.309 e. The van der Waals surface area contributed by atoms with Gasteiger partial charge in [-0.3, -0.25) is 14.5 Å². The predicted molar refractivity (Wildman–Crippen MR) is 94.1 cm³/mol. The first-order chi connectivity index (χ1) is 11.7. The van der Waals surface area contributed by atoms with Gasteiger partial charge < -0.3 is 5.32 Å². The number of nitrogens with one attached hydrogen (secondary N) is 1. The first-order valence-corrected chi connectivity index (χ1v) is 8.39. The van der Waals surface area contributed by atoms with Crippen molar-refractivity contribution < 1.29 is 4.79 Å². The first kappa shape index (κ1) is 14.9. The lowest BCUT2D eigenvalue weighted by atomic mass is 9.84. The highest BCUT2D eigenvalue weighted by Gasteiger charge is 2.32. The van der Waals surface area contributed by atoms with Crippen LogP contribution >= 0.6 is 0 Å². The summed E-state index contributed by atoms with van der Waals surface area (Å²) in [6, 6.07) is 10.2. The van der Waals surface area contributed by atoms with Gasteiger partial charge in [-0.05, 0) is 25.0 Å². The first-order valence-electron chi connectivity index (χ1n) is 8.39. The highest BCUT2D eigenvalue weighted by molar-refractivity contribution is 5.95. The van der Waals surface area contributed by atoms with Gasteiger partial charge in [0.25, 0.3) is 0 Å². The average Bonchev–Trinajstić information content (AvgIpc) is 2.90. The highest BCUT2D eigenvalue weighted by atomic mass is 16.1. The summed E-state index contributed by atoms with van der Waals surface area (Å²) in [5, 5.41) is 8.64. The van der Waals surface area contributed by atoms with Crippen LogP contribution in [-0.4, -0.2) is 20.7 Å². The van der Waals surface area contributed by atoms with Gasteiger partial charge in [0.1, 0.15) is 0 Å². The third-order valence-corrected chi connectivity index (χ3v) is 4.72. The second-order valence-electron chi connectivity index (χ2n) is 6.30. The number of hydrogen-bond donors (Lipinski definition) is 1. The van der Waals surface area contributed by atoms with E-state index >= 15 is 0 Å². The van der Waals surface area contributed by atoms with Gasteiger partial charge in [0.2, 0.25) is 5.91 Å². The molecule has 2 aromatic heterocycles. The number of amides is 1. The van der Waals surface area contributed by atoms with Crippen molar-refractivity contribution in [3.05, 3.63) is 53.3 Å². The maximum absolute atomic E-state index is 12.2. The van der Waals surface area contributed by atoms with Gasteiger partial charge in [-0.15, -0.1) is 0 Å². The minimum atomic E-state index is -0.00189. The van der Waals surface area contributed by atoms with Crippen molar-refractivity contribution in [3.63, 3.8) is 0 Å². The number of aromatic nitrogens is 3. The molecular formula is C19H20N4O. The summed E-state index contributed by atoms with van der Waals surface area (Å²) in [6.45, 7) is 5.07. The zero-order chi connectivity index (χ0) is 16.7. The molecule has 24 heavy (non-hydrogen) atoms. The SMILES string of the molecule is CCCn1nc2c(c1C)C(c1cccc3cccnc13)CC(=O)N2. The van der Waals surface area contributed by atoms with Crippen LogP contribution in [0.15, 0.2) is 36.5 Å². The molecule has 1 aliphatic heterocycles. The monoisotopic (exact) mass is 320 g/mol. The number of rotatable bonds is 3. The Morgan fingerprint density at radius 1 is 1.29 bits per heavy atom. The lowest BCUT2D eigenvalue weighted by Gasteiger charge is -2.23. The van der Waals surface area contributed by atoms with Crippen molar-refractivity contribution in [3.8, 4) is 0 Å². The summed E-state index contributed by atoms with van der Waals surface area (Å²) in [7, 11) is 0. The fourth-order valence-corrected chi connectivity index (χ4v) is 3.64. The molecule has 1 amide bonds. The molecule has 0 aliphatic carbocycles. The number of fused-ring (bicyclic) bond motifs is 2. The summed E-state index contributed by atoms with van der Waals surface area (Å²) in [4.78, 5) is 16.8. The normalized spacial score (nSPS) is 16.9. The molecule has 5 nitrogen and oxygen atoms in total. The molecule has 1 aliphatic rings. The molecule has 1 unspecified atom stereocenters. The molecule has 122 valence electrons. The number of benzene rings is 1. The Balaban J connectivity index is 1.92. The van der Waals surface area contributed by atoms with Crippen molar-refractivity contribution in [2.75, 3.05) is 5.32 Å². The van der Waals surface area contributed by atoms with Crippen LogP contribution in [0.5, 0.6) is 0 Å². The van der Waals surface area contributed by atoms with E-state index in [4.69, 9.17) is 0 Å². The van der Waals surface area contributed by atoms with Crippen molar-refractivity contribution >= 4 is 22.6 Å². The summed E-state index contributed by atoms with van der Waals surface area (Å²) in [5.74, 6) is 0.717. The van der Waals surface area contributed by atoms with Crippen LogP contribution in [0.3, 0.4) is 0 Å². The van der Waals surface area contributed by atoms with Gasteiger partial charge in [-0.1, -0.05) is 31.2 Å². The zero-order valence-corrected chi connectivity index (χ0v) is 13.9. The minimum Gasteiger partial charge on any atom is -0.309 e. The van der Waals surface area contributed by atoms with E-state index in [9.17, 15) is 4.79 Å². The molecule has 0 fully saturated rings. The molecular weight excluding hydrogens is 300 g/mol. The Morgan fingerprint density at radius 3 is 2.96 bits per heavy atom. The number of aryl methyl sites for hydroxylation is 1. The van der Waals surface area contributed by atoms with Gasteiger partial charge in [0.05, 0.1) is 5.52 Å². The van der Waals surface area contributed by atoms with Crippen LogP contribution in [0.2, 0.25) is 0 Å². The topological polar surface area (TPSA) is 59.8 Å². The van der Waals surface area contributed by atoms with E-state index in [1.54, 1.807) is 0 Å². The van der Waals surface area contributed by atoms with E-state index in [1.807, 2.05) is 23.0 Å². The van der Waals surface area contributed by atoms with Crippen molar-refractivity contribution in [1.29, 1.82) is 0 Å².